The molecule has 4 rings (SSSR count). The van der Waals surface area contributed by atoms with Gasteiger partial charge in [0.1, 0.15) is 5.75 Å². The first-order valence-electron chi connectivity index (χ1n) is 15.4. The minimum absolute atomic E-state index is 0.0220. The van der Waals surface area contributed by atoms with E-state index in [0.29, 0.717) is 23.2 Å². The van der Waals surface area contributed by atoms with Crippen LogP contribution in [0.4, 0.5) is 0 Å². The molecule has 3 N–H and O–H groups in total. The summed E-state index contributed by atoms with van der Waals surface area (Å²) in [5, 5.41) is 17.9. The molecule has 0 spiro atoms. The average molecular weight is 646 g/mol. The number of hydrogen-bond acceptors (Lipinski definition) is 8. The summed E-state index contributed by atoms with van der Waals surface area (Å²) >= 11 is 1.53. The normalized spacial score (nSPS) is 22.4. The molecule has 2 aliphatic rings. The lowest BCUT2D eigenvalue weighted by Crippen LogP contribution is -2.60. The van der Waals surface area contributed by atoms with Gasteiger partial charge in [0.25, 0.3) is 5.91 Å². The smallest absolute Gasteiger partial charge is 0.306 e. The highest BCUT2D eigenvalue weighted by molar-refractivity contribution is 7.99. The Labute approximate surface area is 266 Å². The van der Waals surface area contributed by atoms with Crippen LogP contribution in [0.25, 0.3) is 0 Å². The fourth-order valence-electron chi connectivity index (χ4n) is 6.31. The number of thioether (sulfide) groups is 1. The highest BCUT2D eigenvalue weighted by atomic mass is 32.2. The standard InChI is InChI=1S/C33H47N3O6S2/c1-22-26(16-11-17-30(22)42-44(5,40)41)31(38)34-27(21-43-25-14-7-6-8-15-25)29(37)20-36-19-24-13-10-9-12-23(24)18-28(36)32(39)35-33(2,3)4/h6-8,11,14-17,23-24,27-29,37H,9-10,12-13,18-21H2,1-5H3,(H,34,38)(H,35,39)/t23?,24-,27+,28?,29-/m1/s1. The Bertz CT molecular complexity index is 1400. The number of likely N-dealkylation sites (tertiary alicyclic amines) is 1. The molecule has 1 aliphatic heterocycles. The van der Waals surface area contributed by atoms with Crippen LogP contribution in [-0.4, -0.2) is 79.1 Å². The quantitative estimate of drug-likeness (QED) is 0.243. The van der Waals surface area contributed by atoms with Crippen molar-refractivity contribution in [2.75, 3.05) is 25.1 Å². The molecule has 1 saturated carbocycles. The molecule has 0 radical (unpaired) electrons. The van der Waals surface area contributed by atoms with Crippen LogP contribution in [0.2, 0.25) is 0 Å². The number of fused-ring (bicyclic) bond motifs is 1. The minimum Gasteiger partial charge on any atom is -0.390 e. The molecule has 0 aromatic heterocycles. The van der Waals surface area contributed by atoms with Gasteiger partial charge in [-0.25, -0.2) is 0 Å². The highest BCUT2D eigenvalue weighted by Gasteiger charge is 2.41. The summed E-state index contributed by atoms with van der Waals surface area (Å²) in [6, 6.07) is 13.4. The fourth-order valence-corrected chi connectivity index (χ4v) is 7.84. The fraction of sp³-hybridized carbons (Fsp3) is 0.576. The van der Waals surface area contributed by atoms with E-state index in [0.717, 1.165) is 37.0 Å². The Balaban J connectivity index is 1.56. The molecule has 242 valence electrons. The van der Waals surface area contributed by atoms with Crippen LogP contribution in [0.1, 0.15) is 68.8 Å². The molecule has 9 nitrogen and oxygen atoms in total. The maximum Gasteiger partial charge on any atom is 0.306 e. The summed E-state index contributed by atoms with van der Waals surface area (Å²) in [4.78, 5) is 30.3. The summed E-state index contributed by atoms with van der Waals surface area (Å²) in [6.07, 6.45) is 5.39. The molecule has 2 unspecified atom stereocenters. The predicted molar refractivity (Wildman–Crippen MR) is 174 cm³/mol. The Kier molecular flexibility index (Phi) is 11.4. The van der Waals surface area contributed by atoms with E-state index < -0.39 is 28.2 Å². The zero-order valence-corrected chi connectivity index (χ0v) is 28.0. The summed E-state index contributed by atoms with van der Waals surface area (Å²) in [5.41, 5.74) is 0.275. The van der Waals surface area contributed by atoms with Gasteiger partial charge in [-0.15, -0.1) is 11.8 Å². The van der Waals surface area contributed by atoms with E-state index in [2.05, 4.69) is 15.5 Å². The minimum atomic E-state index is -3.78. The van der Waals surface area contributed by atoms with E-state index in [1.807, 2.05) is 51.1 Å². The van der Waals surface area contributed by atoms with E-state index in [1.165, 1.54) is 30.7 Å². The van der Waals surface area contributed by atoms with E-state index in [-0.39, 0.29) is 35.3 Å². The first kappa shape index (κ1) is 34.3. The molecular weight excluding hydrogens is 599 g/mol. The number of aliphatic hydroxyl groups excluding tert-OH is 1. The molecule has 2 amide bonds. The zero-order valence-electron chi connectivity index (χ0n) is 26.4. The number of β-amino-alcohol motifs (C(OH)–C–C–N with tert-alkyl or cyclic N) is 1. The van der Waals surface area contributed by atoms with Gasteiger partial charge in [-0.3, -0.25) is 14.5 Å². The number of aliphatic hydroxyl groups is 1. The summed E-state index contributed by atoms with van der Waals surface area (Å²) in [6.45, 7) is 8.52. The van der Waals surface area contributed by atoms with Crippen LogP contribution < -0.4 is 14.8 Å². The van der Waals surface area contributed by atoms with Crippen LogP contribution in [0.3, 0.4) is 0 Å². The van der Waals surface area contributed by atoms with Crippen LogP contribution in [-0.2, 0) is 14.9 Å². The van der Waals surface area contributed by atoms with Gasteiger partial charge in [0, 0.05) is 40.4 Å². The third kappa shape index (κ3) is 9.70. The summed E-state index contributed by atoms with van der Waals surface area (Å²) in [7, 11) is -3.78. The second-order valence-electron chi connectivity index (χ2n) is 13.2. The summed E-state index contributed by atoms with van der Waals surface area (Å²) < 4.78 is 28.6. The largest absolute Gasteiger partial charge is 0.390 e. The molecule has 1 aliphatic carbocycles. The maximum absolute atomic E-state index is 13.6. The maximum atomic E-state index is 13.6. The average Bonchev–Trinajstić information content (AvgIpc) is 2.94. The lowest BCUT2D eigenvalue weighted by molar-refractivity contribution is -0.132. The number of piperidine rings is 1. The Morgan fingerprint density at radius 1 is 1.07 bits per heavy atom. The number of carbonyl (C=O) groups is 2. The monoisotopic (exact) mass is 645 g/mol. The number of nitrogens with one attached hydrogen (secondary N) is 2. The molecular formula is C33H47N3O6S2. The third-order valence-electron chi connectivity index (χ3n) is 8.45. The number of hydrogen-bond donors (Lipinski definition) is 3. The van der Waals surface area contributed by atoms with Gasteiger partial charge in [0.15, 0.2) is 0 Å². The number of benzene rings is 2. The first-order chi connectivity index (χ1) is 20.7. The van der Waals surface area contributed by atoms with E-state index >= 15 is 0 Å². The van der Waals surface area contributed by atoms with Crippen LogP contribution in [0, 0.1) is 18.8 Å². The second-order valence-corrected chi connectivity index (χ2v) is 15.9. The van der Waals surface area contributed by atoms with Crippen molar-refractivity contribution in [3.8, 4) is 5.75 Å². The molecule has 2 aromatic carbocycles. The third-order valence-corrected chi connectivity index (χ3v) is 10.1. The van der Waals surface area contributed by atoms with Gasteiger partial charge >= 0.3 is 10.1 Å². The van der Waals surface area contributed by atoms with Crippen molar-refractivity contribution in [1.82, 2.24) is 15.5 Å². The van der Waals surface area contributed by atoms with Crippen LogP contribution in [0.15, 0.2) is 53.4 Å². The second kappa shape index (κ2) is 14.7. The van der Waals surface area contributed by atoms with Crippen molar-refractivity contribution >= 4 is 33.7 Å². The number of nitrogens with zero attached hydrogens (tertiary/aromatic N) is 1. The molecule has 1 saturated heterocycles. The molecule has 1 heterocycles. The van der Waals surface area contributed by atoms with Crippen LogP contribution >= 0.6 is 11.8 Å². The van der Waals surface area contributed by atoms with Crippen molar-refractivity contribution in [2.24, 2.45) is 11.8 Å². The van der Waals surface area contributed by atoms with Crippen LogP contribution in [0.5, 0.6) is 5.75 Å². The van der Waals surface area contributed by atoms with Crippen molar-refractivity contribution in [3.63, 3.8) is 0 Å². The molecule has 2 fully saturated rings. The Hall–Kier alpha value is -2.60. The van der Waals surface area contributed by atoms with Crippen molar-refractivity contribution in [2.45, 2.75) is 88.4 Å². The lowest BCUT2D eigenvalue weighted by Gasteiger charge is -2.47. The lowest BCUT2D eigenvalue weighted by atomic mass is 9.72. The molecule has 44 heavy (non-hydrogen) atoms. The Morgan fingerprint density at radius 3 is 2.41 bits per heavy atom. The summed E-state index contributed by atoms with van der Waals surface area (Å²) in [5.74, 6) is 1.01. The van der Waals surface area contributed by atoms with Gasteiger partial charge in [0.2, 0.25) is 5.91 Å². The Morgan fingerprint density at radius 2 is 1.75 bits per heavy atom. The highest BCUT2D eigenvalue weighted by Crippen LogP contribution is 2.39. The van der Waals surface area contributed by atoms with Gasteiger partial charge < -0.3 is 19.9 Å². The zero-order chi connectivity index (χ0) is 32.1. The number of amides is 2. The number of carbonyl (C=O) groups excluding carboxylic acids is 2. The topological polar surface area (TPSA) is 125 Å². The van der Waals surface area contributed by atoms with E-state index in [1.54, 1.807) is 19.1 Å². The van der Waals surface area contributed by atoms with Crippen molar-refractivity contribution < 1.29 is 27.3 Å². The van der Waals surface area contributed by atoms with Gasteiger partial charge in [0.05, 0.1) is 24.4 Å². The van der Waals surface area contributed by atoms with Gasteiger partial charge in [-0.1, -0.05) is 43.5 Å². The van der Waals surface area contributed by atoms with E-state index in [9.17, 15) is 23.1 Å². The molecule has 11 heteroatoms. The number of rotatable bonds is 11. The molecule has 2 aromatic rings. The molecule has 0 bridgehead atoms. The van der Waals surface area contributed by atoms with Crippen molar-refractivity contribution in [1.29, 1.82) is 0 Å². The first-order valence-corrected chi connectivity index (χ1v) is 18.2. The SMILES string of the molecule is Cc1c(OS(C)(=O)=O)cccc1C(=O)N[C@@H](CSc1ccccc1)[C@H](O)CN1C[C@H]2CCCCC2CC1C(=O)NC(C)(C)C. The predicted octanol–water partition coefficient (Wildman–Crippen LogP) is 4.38. The van der Waals surface area contributed by atoms with Gasteiger partial charge in [-0.05, 0) is 76.6 Å². The molecule has 5 atom stereocenters. The van der Waals surface area contributed by atoms with Crippen molar-refractivity contribution in [3.05, 3.63) is 59.7 Å². The van der Waals surface area contributed by atoms with E-state index in [4.69, 9.17) is 4.18 Å². The van der Waals surface area contributed by atoms with Gasteiger partial charge in [-0.2, -0.15) is 8.42 Å².